The van der Waals surface area contributed by atoms with E-state index in [1.54, 1.807) is 48.5 Å². The number of nitrogens with one attached hydrogen (secondary N) is 1. The second-order valence-electron chi connectivity index (χ2n) is 4.31. The first-order valence-corrected chi connectivity index (χ1v) is 6.18. The maximum Gasteiger partial charge on any atom is 0.254 e. The van der Waals surface area contributed by atoms with Crippen LogP contribution in [0.2, 0.25) is 5.02 Å². The Hall–Kier alpha value is -2.04. The lowest BCUT2D eigenvalue weighted by Gasteiger charge is -2.33. The molecule has 1 amide bonds. The quantitative estimate of drug-likeness (QED) is 0.839. The van der Waals surface area contributed by atoms with Crippen molar-refractivity contribution in [1.82, 2.24) is 0 Å². The molecule has 1 unspecified atom stereocenters. The number of carbonyl (C=O) groups is 1. The lowest BCUT2D eigenvalue weighted by molar-refractivity contribution is -0.119. The number of hydrogen-bond donors (Lipinski definition) is 2. The standard InChI is InChI=1S/C14H11ClN2O2/c15-10-5-3-4-9(8-10)13-14(18)16-11-6-1-2-7-12(11)17(13)19/h1-8,13,19H,(H,16,18). The summed E-state index contributed by atoms with van der Waals surface area (Å²) >= 11 is 5.93. The summed E-state index contributed by atoms with van der Waals surface area (Å²) < 4.78 is 0. The van der Waals surface area contributed by atoms with Crippen molar-refractivity contribution in [2.75, 3.05) is 10.4 Å². The van der Waals surface area contributed by atoms with Crippen LogP contribution >= 0.6 is 11.6 Å². The molecule has 0 saturated heterocycles. The molecule has 1 aliphatic heterocycles. The largest absolute Gasteiger partial charge is 0.322 e. The zero-order valence-corrected chi connectivity index (χ0v) is 10.6. The second kappa shape index (κ2) is 4.57. The number of halogens is 1. The Morgan fingerprint density at radius 3 is 2.74 bits per heavy atom. The summed E-state index contributed by atoms with van der Waals surface area (Å²) in [7, 11) is 0. The summed E-state index contributed by atoms with van der Waals surface area (Å²) in [5.74, 6) is -0.288. The van der Waals surface area contributed by atoms with Crippen LogP contribution in [0.25, 0.3) is 0 Å². The highest BCUT2D eigenvalue weighted by Gasteiger charge is 2.33. The number of amides is 1. The Balaban J connectivity index is 2.06. The topological polar surface area (TPSA) is 52.6 Å². The summed E-state index contributed by atoms with van der Waals surface area (Å²) in [6, 6.07) is 13.2. The van der Waals surface area contributed by atoms with Crippen molar-refractivity contribution in [3.8, 4) is 0 Å². The fourth-order valence-electron chi connectivity index (χ4n) is 2.20. The Morgan fingerprint density at radius 2 is 1.95 bits per heavy atom. The average Bonchev–Trinajstić information content (AvgIpc) is 2.39. The van der Waals surface area contributed by atoms with Crippen LogP contribution in [0.4, 0.5) is 11.4 Å². The van der Waals surface area contributed by atoms with E-state index in [1.807, 2.05) is 0 Å². The minimum Gasteiger partial charge on any atom is -0.322 e. The third-order valence-corrected chi connectivity index (χ3v) is 3.30. The van der Waals surface area contributed by atoms with Crippen LogP contribution in [-0.4, -0.2) is 11.1 Å². The van der Waals surface area contributed by atoms with Crippen LogP contribution in [0.5, 0.6) is 0 Å². The molecule has 0 aromatic heterocycles. The Morgan fingerprint density at radius 1 is 1.16 bits per heavy atom. The first kappa shape index (κ1) is 12.0. The Labute approximate surface area is 115 Å². The van der Waals surface area contributed by atoms with E-state index in [9.17, 15) is 10.0 Å². The zero-order valence-electron chi connectivity index (χ0n) is 9.88. The van der Waals surface area contributed by atoms with Gasteiger partial charge in [-0.1, -0.05) is 35.9 Å². The molecule has 1 aliphatic rings. The van der Waals surface area contributed by atoms with Crippen LogP contribution in [0, 0.1) is 0 Å². The predicted octanol–water partition coefficient (Wildman–Crippen LogP) is 3.23. The summed E-state index contributed by atoms with van der Waals surface area (Å²) in [5.41, 5.74) is 1.79. The fourth-order valence-corrected chi connectivity index (χ4v) is 2.40. The van der Waals surface area contributed by atoms with Gasteiger partial charge in [-0.05, 0) is 29.8 Å². The van der Waals surface area contributed by atoms with Gasteiger partial charge in [0.1, 0.15) is 0 Å². The van der Waals surface area contributed by atoms with Crippen molar-refractivity contribution in [1.29, 1.82) is 0 Å². The van der Waals surface area contributed by atoms with Crippen molar-refractivity contribution in [2.24, 2.45) is 0 Å². The Bertz CT molecular complexity index is 645. The molecule has 1 heterocycles. The van der Waals surface area contributed by atoms with Gasteiger partial charge >= 0.3 is 0 Å². The smallest absolute Gasteiger partial charge is 0.254 e. The van der Waals surface area contributed by atoms with Gasteiger partial charge in [0, 0.05) is 5.02 Å². The van der Waals surface area contributed by atoms with Gasteiger partial charge in [-0.3, -0.25) is 10.0 Å². The molecule has 3 rings (SSSR count). The maximum atomic E-state index is 12.1. The number of fused-ring (bicyclic) bond motifs is 1. The van der Waals surface area contributed by atoms with Gasteiger partial charge in [-0.15, -0.1) is 0 Å². The molecule has 0 spiro atoms. The van der Waals surface area contributed by atoms with Gasteiger partial charge in [0.15, 0.2) is 6.04 Å². The van der Waals surface area contributed by atoms with Crippen molar-refractivity contribution < 1.29 is 10.0 Å². The van der Waals surface area contributed by atoms with Crippen molar-refractivity contribution in [3.05, 3.63) is 59.1 Å². The van der Waals surface area contributed by atoms with E-state index in [4.69, 9.17) is 11.6 Å². The fraction of sp³-hybridized carbons (Fsp3) is 0.0714. The molecule has 0 radical (unpaired) electrons. The van der Waals surface area contributed by atoms with Crippen molar-refractivity contribution in [2.45, 2.75) is 6.04 Å². The van der Waals surface area contributed by atoms with E-state index in [1.165, 1.54) is 0 Å². The Kier molecular flexibility index (Phi) is 2.89. The van der Waals surface area contributed by atoms with Crippen LogP contribution in [0.3, 0.4) is 0 Å². The first-order valence-electron chi connectivity index (χ1n) is 5.80. The molecule has 96 valence electrons. The van der Waals surface area contributed by atoms with Gasteiger partial charge in [0.2, 0.25) is 0 Å². The number of anilines is 2. The van der Waals surface area contributed by atoms with E-state index in [0.29, 0.717) is 22.0 Å². The highest BCUT2D eigenvalue weighted by molar-refractivity contribution is 6.30. The first-order chi connectivity index (χ1) is 9.16. The molecule has 2 aromatic rings. The molecule has 4 nitrogen and oxygen atoms in total. The monoisotopic (exact) mass is 274 g/mol. The van der Waals surface area contributed by atoms with Crippen LogP contribution < -0.4 is 10.4 Å². The van der Waals surface area contributed by atoms with E-state index in [-0.39, 0.29) is 5.91 Å². The van der Waals surface area contributed by atoms with Gasteiger partial charge in [0.25, 0.3) is 5.91 Å². The van der Waals surface area contributed by atoms with Gasteiger partial charge < -0.3 is 5.32 Å². The number of rotatable bonds is 1. The summed E-state index contributed by atoms with van der Waals surface area (Å²) in [5, 5.41) is 14.5. The minimum absolute atomic E-state index is 0.288. The highest BCUT2D eigenvalue weighted by Crippen LogP contribution is 2.36. The molecule has 2 N–H and O–H groups in total. The maximum absolute atomic E-state index is 12.1. The molecule has 0 saturated carbocycles. The predicted molar refractivity (Wildman–Crippen MR) is 73.5 cm³/mol. The number of benzene rings is 2. The van der Waals surface area contributed by atoms with E-state index in [2.05, 4.69) is 5.32 Å². The normalized spacial score (nSPS) is 17.9. The molecule has 0 aliphatic carbocycles. The van der Waals surface area contributed by atoms with Crippen LogP contribution in [0.1, 0.15) is 11.6 Å². The number of hydroxylamine groups is 1. The van der Waals surface area contributed by atoms with E-state index in [0.717, 1.165) is 5.06 Å². The van der Waals surface area contributed by atoms with Gasteiger partial charge in [-0.2, -0.15) is 0 Å². The van der Waals surface area contributed by atoms with Crippen molar-refractivity contribution in [3.63, 3.8) is 0 Å². The molecule has 0 fully saturated rings. The lowest BCUT2D eigenvalue weighted by Crippen LogP contribution is -2.39. The highest BCUT2D eigenvalue weighted by atomic mass is 35.5. The molecule has 1 atom stereocenters. The average molecular weight is 275 g/mol. The number of para-hydroxylation sites is 2. The third-order valence-electron chi connectivity index (χ3n) is 3.07. The second-order valence-corrected chi connectivity index (χ2v) is 4.74. The van der Waals surface area contributed by atoms with Gasteiger partial charge in [-0.25, -0.2) is 5.06 Å². The van der Waals surface area contributed by atoms with Crippen LogP contribution in [0.15, 0.2) is 48.5 Å². The summed E-state index contributed by atoms with van der Waals surface area (Å²) in [6.07, 6.45) is 0. The molecular formula is C14H11ClN2O2. The lowest BCUT2D eigenvalue weighted by atomic mass is 10.0. The number of hydrogen-bond acceptors (Lipinski definition) is 3. The molecule has 0 bridgehead atoms. The van der Waals surface area contributed by atoms with E-state index >= 15 is 0 Å². The minimum atomic E-state index is -0.798. The van der Waals surface area contributed by atoms with Crippen LogP contribution in [-0.2, 0) is 4.79 Å². The SMILES string of the molecule is O=C1Nc2ccccc2N(O)C1c1cccc(Cl)c1. The number of carbonyl (C=O) groups excluding carboxylic acids is 1. The van der Waals surface area contributed by atoms with Crippen molar-refractivity contribution >= 4 is 28.9 Å². The summed E-state index contributed by atoms with van der Waals surface area (Å²) in [6.45, 7) is 0. The van der Waals surface area contributed by atoms with E-state index < -0.39 is 6.04 Å². The summed E-state index contributed by atoms with van der Waals surface area (Å²) in [4.78, 5) is 12.1. The molecule has 2 aromatic carbocycles. The number of nitrogens with zero attached hydrogens (tertiary/aromatic N) is 1. The zero-order chi connectivity index (χ0) is 13.4. The van der Waals surface area contributed by atoms with Gasteiger partial charge in [0.05, 0.1) is 11.4 Å². The molecule has 5 heteroatoms. The molecule has 19 heavy (non-hydrogen) atoms. The molecular weight excluding hydrogens is 264 g/mol. The third kappa shape index (κ3) is 2.05.